The molecule has 5 rings (SSSR count). The van der Waals surface area contributed by atoms with Gasteiger partial charge in [0.2, 0.25) is 11.8 Å². The first-order valence-electron chi connectivity index (χ1n) is 9.78. The number of para-hydroxylation sites is 1. The molecule has 8 nitrogen and oxygen atoms in total. The maximum absolute atomic E-state index is 12.9. The van der Waals surface area contributed by atoms with Crippen LogP contribution in [-0.2, 0) is 16.1 Å². The Balaban J connectivity index is 1.49. The van der Waals surface area contributed by atoms with Gasteiger partial charge in [-0.2, -0.15) is 5.10 Å². The van der Waals surface area contributed by atoms with E-state index in [1.165, 1.54) is 0 Å². The van der Waals surface area contributed by atoms with Gasteiger partial charge in [-0.25, -0.2) is 9.67 Å². The Morgan fingerprint density at radius 3 is 2.63 bits per heavy atom. The van der Waals surface area contributed by atoms with E-state index in [0.29, 0.717) is 30.2 Å². The Labute approximate surface area is 172 Å². The van der Waals surface area contributed by atoms with Gasteiger partial charge >= 0.3 is 0 Å². The van der Waals surface area contributed by atoms with Crippen LogP contribution in [0, 0.1) is 6.92 Å². The van der Waals surface area contributed by atoms with Crippen LogP contribution in [0.5, 0.6) is 0 Å². The average molecular weight is 401 g/mol. The Morgan fingerprint density at radius 2 is 1.87 bits per heavy atom. The molecule has 1 saturated heterocycles. The summed E-state index contributed by atoms with van der Waals surface area (Å²) in [6.45, 7) is 2.16. The van der Waals surface area contributed by atoms with Gasteiger partial charge in [-0.15, -0.1) is 0 Å². The van der Waals surface area contributed by atoms with Crippen LogP contribution in [0.15, 0.2) is 48.5 Å². The molecule has 30 heavy (non-hydrogen) atoms. The summed E-state index contributed by atoms with van der Waals surface area (Å²) in [5.74, 6) is 0.446. The van der Waals surface area contributed by atoms with E-state index in [0.717, 1.165) is 16.8 Å². The van der Waals surface area contributed by atoms with Crippen molar-refractivity contribution in [3.8, 4) is 17.1 Å². The van der Waals surface area contributed by atoms with Gasteiger partial charge in [0, 0.05) is 24.1 Å². The second-order valence-electron chi connectivity index (χ2n) is 7.50. The largest absolute Gasteiger partial charge is 0.322 e. The number of piperidine rings is 1. The molecule has 1 fully saturated rings. The standard InChI is InChI=1S/C22H19N5O3/c1-13-23-20(27(25-13)16-5-3-2-4-6-16)14-7-8-17-15(11-14)12-26(22(17)30)18-9-10-19(28)24-21(18)29/h2-8,11,18H,9-10,12H2,1H3,(H,24,28,29). The fourth-order valence-corrected chi connectivity index (χ4v) is 4.06. The highest BCUT2D eigenvalue weighted by Gasteiger charge is 2.39. The van der Waals surface area contributed by atoms with E-state index in [9.17, 15) is 14.4 Å². The number of amides is 3. The van der Waals surface area contributed by atoms with E-state index in [1.807, 2.05) is 49.4 Å². The highest BCUT2D eigenvalue weighted by molar-refractivity contribution is 6.05. The normalized spacial score (nSPS) is 18.5. The van der Waals surface area contributed by atoms with Crippen molar-refractivity contribution >= 4 is 17.7 Å². The number of hydrogen-bond donors (Lipinski definition) is 1. The van der Waals surface area contributed by atoms with Gasteiger partial charge in [-0.05, 0) is 43.2 Å². The highest BCUT2D eigenvalue weighted by Crippen LogP contribution is 2.31. The first-order valence-corrected chi connectivity index (χ1v) is 9.78. The van der Waals surface area contributed by atoms with Crippen LogP contribution < -0.4 is 5.32 Å². The molecule has 1 N–H and O–H groups in total. The van der Waals surface area contributed by atoms with Crippen LogP contribution in [-0.4, -0.2) is 43.4 Å². The molecule has 0 aliphatic carbocycles. The second-order valence-corrected chi connectivity index (χ2v) is 7.50. The number of aryl methyl sites for hydroxylation is 1. The molecule has 3 amide bonds. The lowest BCUT2D eigenvalue weighted by atomic mass is 10.0. The third-order valence-corrected chi connectivity index (χ3v) is 5.50. The van der Waals surface area contributed by atoms with E-state index < -0.39 is 11.9 Å². The second kappa shape index (κ2) is 6.91. The highest BCUT2D eigenvalue weighted by atomic mass is 16.2. The molecule has 2 aliphatic heterocycles. The number of fused-ring (bicyclic) bond motifs is 1. The number of rotatable bonds is 3. The van der Waals surface area contributed by atoms with Gasteiger partial charge < -0.3 is 4.90 Å². The third kappa shape index (κ3) is 2.97. The summed E-state index contributed by atoms with van der Waals surface area (Å²) < 4.78 is 1.78. The lowest BCUT2D eigenvalue weighted by molar-refractivity contribution is -0.136. The number of carbonyl (C=O) groups is 3. The number of nitrogens with one attached hydrogen (secondary N) is 1. The molecule has 0 radical (unpaired) electrons. The molecule has 8 heteroatoms. The van der Waals surface area contributed by atoms with E-state index in [2.05, 4.69) is 15.4 Å². The number of aromatic nitrogens is 3. The van der Waals surface area contributed by atoms with Gasteiger partial charge in [0.1, 0.15) is 11.9 Å². The number of imide groups is 1. The molecule has 3 aromatic rings. The Hall–Kier alpha value is -3.81. The lowest BCUT2D eigenvalue weighted by Gasteiger charge is -2.29. The van der Waals surface area contributed by atoms with Gasteiger partial charge in [0.15, 0.2) is 5.82 Å². The summed E-state index contributed by atoms with van der Waals surface area (Å²) in [5.41, 5.74) is 3.15. The van der Waals surface area contributed by atoms with Crippen LogP contribution >= 0.6 is 0 Å². The molecule has 150 valence electrons. The quantitative estimate of drug-likeness (QED) is 0.677. The zero-order chi connectivity index (χ0) is 20.8. The molecule has 0 bridgehead atoms. The Morgan fingerprint density at radius 1 is 1.07 bits per heavy atom. The van der Waals surface area contributed by atoms with Crippen molar-refractivity contribution in [2.75, 3.05) is 0 Å². The minimum atomic E-state index is -0.624. The summed E-state index contributed by atoms with van der Waals surface area (Å²) in [5, 5.41) is 6.84. The average Bonchev–Trinajstić information content (AvgIpc) is 3.29. The smallest absolute Gasteiger partial charge is 0.255 e. The zero-order valence-corrected chi connectivity index (χ0v) is 16.3. The minimum absolute atomic E-state index is 0.188. The first kappa shape index (κ1) is 18.2. The van der Waals surface area contributed by atoms with Gasteiger partial charge in [0.25, 0.3) is 5.91 Å². The molecular weight excluding hydrogens is 382 g/mol. The maximum Gasteiger partial charge on any atom is 0.255 e. The summed E-state index contributed by atoms with van der Waals surface area (Å²) in [4.78, 5) is 42.7. The van der Waals surface area contributed by atoms with Crippen molar-refractivity contribution in [2.24, 2.45) is 0 Å². The Bertz CT molecular complexity index is 1180. The van der Waals surface area contributed by atoms with Gasteiger partial charge in [-0.3, -0.25) is 19.7 Å². The topological polar surface area (TPSA) is 97.2 Å². The molecule has 2 aromatic carbocycles. The summed E-state index contributed by atoms with van der Waals surface area (Å²) in [7, 11) is 0. The van der Waals surface area contributed by atoms with Crippen molar-refractivity contribution in [1.82, 2.24) is 25.0 Å². The van der Waals surface area contributed by atoms with Gasteiger partial charge in [-0.1, -0.05) is 24.3 Å². The predicted octanol–water partition coefficient (Wildman–Crippen LogP) is 2.00. The number of hydrogen-bond acceptors (Lipinski definition) is 5. The minimum Gasteiger partial charge on any atom is -0.322 e. The fourth-order valence-electron chi connectivity index (χ4n) is 4.06. The van der Waals surface area contributed by atoms with Crippen LogP contribution in [0.2, 0.25) is 0 Å². The van der Waals surface area contributed by atoms with Crippen molar-refractivity contribution in [1.29, 1.82) is 0 Å². The predicted molar refractivity (Wildman–Crippen MR) is 108 cm³/mol. The Kier molecular flexibility index (Phi) is 4.20. The monoisotopic (exact) mass is 401 g/mol. The molecule has 1 unspecified atom stereocenters. The van der Waals surface area contributed by atoms with E-state index >= 15 is 0 Å². The van der Waals surface area contributed by atoms with E-state index in [4.69, 9.17) is 0 Å². The maximum atomic E-state index is 12.9. The van der Waals surface area contributed by atoms with E-state index in [1.54, 1.807) is 15.6 Å². The molecule has 1 aromatic heterocycles. The van der Waals surface area contributed by atoms with Crippen molar-refractivity contribution in [2.45, 2.75) is 32.4 Å². The molecular formula is C22H19N5O3. The SMILES string of the molecule is Cc1nc(-c2ccc3c(c2)CN(C2CCC(=O)NC2=O)C3=O)n(-c2ccccc2)n1. The molecule has 2 aliphatic rings. The zero-order valence-electron chi connectivity index (χ0n) is 16.3. The molecule has 1 atom stereocenters. The van der Waals surface area contributed by atoms with E-state index in [-0.39, 0.29) is 18.2 Å². The van der Waals surface area contributed by atoms with Crippen molar-refractivity contribution in [3.63, 3.8) is 0 Å². The van der Waals surface area contributed by atoms with Crippen LogP contribution in [0.3, 0.4) is 0 Å². The fraction of sp³-hybridized carbons (Fsp3) is 0.227. The molecule has 0 saturated carbocycles. The molecule has 3 heterocycles. The van der Waals surface area contributed by atoms with Crippen LogP contribution in [0.1, 0.15) is 34.6 Å². The first-order chi connectivity index (χ1) is 14.5. The lowest BCUT2D eigenvalue weighted by Crippen LogP contribution is -2.52. The number of benzene rings is 2. The van der Waals surface area contributed by atoms with Crippen LogP contribution in [0.4, 0.5) is 0 Å². The number of nitrogens with zero attached hydrogens (tertiary/aromatic N) is 4. The summed E-state index contributed by atoms with van der Waals surface area (Å²) in [6.07, 6.45) is 0.583. The third-order valence-electron chi connectivity index (χ3n) is 5.50. The van der Waals surface area contributed by atoms with Crippen LogP contribution in [0.25, 0.3) is 17.1 Å². The van der Waals surface area contributed by atoms with Crippen molar-refractivity contribution < 1.29 is 14.4 Å². The number of carbonyl (C=O) groups excluding carboxylic acids is 3. The van der Waals surface area contributed by atoms with Gasteiger partial charge in [0.05, 0.1) is 5.69 Å². The van der Waals surface area contributed by atoms with Crippen molar-refractivity contribution in [3.05, 3.63) is 65.5 Å². The summed E-state index contributed by atoms with van der Waals surface area (Å²) >= 11 is 0. The molecule has 0 spiro atoms. The summed E-state index contributed by atoms with van der Waals surface area (Å²) in [6, 6.07) is 14.7.